The average Bonchev–Trinajstić information content (AvgIpc) is 2.40. The van der Waals surface area contributed by atoms with E-state index in [1.165, 1.54) is 0 Å². The average molecular weight is 240 g/mol. The van der Waals surface area contributed by atoms with E-state index in [0.717, 1.165) is 35.6 Å². The Balaban J connectivity index is 2.20. The van der Waals surface area contributed by atoms with Gasteiger partial charge in [0, 0.05) is 17.9 Å². The summed E-state index contributed by atoms with van der Waals surface area (Å²) in [5.41, 5.74) is 0.831. The van der Waals surface area contributed by atoms with E-state index in [-0.39, 0.29) is 17.5 Å². The largest absolute Gasteiger partial charge is 0.508 e. The molecule has 0 spiro atoms. The Kier molecular flexibility index (Phi) is 2.78. The van der Waals surface area contributed by atoms with Crippen molar-refractivity contribution >= 4 is 16.6 Å². The summed E-state index contributed by atoms with van der Waals surface area (Å²) in [6.07, 6.45) is 3.56. The molecule has 2 heteroatoms. The number of benzene rings is 2. The fourth-order valence-electron chi connectivity index (χ4n) is 2.94. The maximum absolute atomic E-state index is 12.1. The van der Waals surface area contributed by atoms with Crippen LogP contribution in [0.1, 0.15) is 37.2 Å². The van der Waals surface area contributed by atoms with Gasteiger partial charge in [-0.1, -0.05) is 36.8 Å². The molecular weight excluding hydrogens is 224 g/mol. The van der Waals surface area contributed by atoms with Gasteiger partial charge in [0.25, 0.3) is 0 Å². The van der Waals surface area contributed by atoms with Gasteiger partial charge in [-0.05, 0) is 29.7 Å². The molecular formula is C16H16O2. The summed E-state index contributed by atoms with van der Waals surface area (Å²) in [5.74, 6) is 0.409. The molecule has 1 aliphatic carbocycles. The van der Waals surface area contributed by atoms with E-state index in [0.29, 0.717) is 6.42 Å². The number of hydrogen-bond donors (Lipinski definition) is 1. The summed E-state index contributed by atoms with van der Waals surface area (Å²) >= 11 is 0. The molecule has 1 atom stereocenters. The van der Waals surface area contributed by atoms with Crippen molar-refractivity contribution in [1.82, 2.24) is 0 Å². The third-order valence-corrected chi connectivity index (χ3v) is 3.85. The Morgan fingerprint density at radius 2 is 1.89 bits per heavy atom. The van der Waals surface area contributed by atoms with Gasteiger partial charge < -0.3 is 5.11 Å². The molecule has 1 saturated carbocycles. The Hall–Kier alpha value is -1.83. The number of phenols is 1. The van der Waals surface area contributed by atoms with Gasteiger partial charge in [-0.2, -0.15) is 0 Å². The molecule has 0 bridgehead atoms. The fourth-order valence-corrected chi connectivity index (χ4v) is 2.94. The molecule has 1 unspecified atom stereocenters. The van der Waals surface area contributed by atoms with Crippen LogP contribution >= 0.6 is 0 Å². The zero-order valence-corrected chi connectivity index (χ0v) is 10.2. The second-order valence-electron chi connectivity index (χ2n) is 4.98. The maximum atomic E-state index is 12.1. The minimum atomic E-state index is -0.121. The Morgan fingerprint density at radius 1 is 1.06 bits per heavy atom. The van der Waals surface area contributed by atoms with E-state index in [1.54, 1.807) is 6.07 Å². The molecule has 1 aliphatic rings. The lowest BCUT2D eigenvalue weighted by Gasteiger charge is -2.23. The third kappa shape index (κ3) is 1.78. The van der Waals surface area contributed by atoms with Crippen LogP contribution in [-0.4, -0.2) is 10.9 Å². The molecule has 1 N–H and O–H groups in total. The second-order valence-corrected chi connectivity index (χ2v) is 4.98. The Bertz CT molecular complexity index is 601. The van der Waals surface area contributed by atoms with Crippen LogP contribution < -0.4 is 0 Å². The van der Waals surface area contributed by atoms with Gasteiger partial charge in [0.15, 0.2) is 0 Å². The van der Waals surface area contributed by atoms with Gasteiger partial charge >= 0.3 is 0 Å². The number of ketones is 1. The van der Waals surface area contributed by atoms with Gasteiger partial charge in [-0.3, -0.25) is 4.79 Å². The van der Waals surface area contributed by atoms with E-state index in [4.69, 9.17) is 0 Å². The first kappa shape index (κ1) is 11.3. The first-order chi connectivity index (χ1) is 8.77. The van der Waals surface area contributed by atoms with Crippen LogP contribution in [0.25, 0.3) is 10.8 Å². The maximum Gasteiger partial charge on any atom is 0.140 e. The molecule has 0 amide bonds. The first-order valence-electron chi connectivity index (χ1n) is 6.50. The Morgan fingerprint density at radius 3 is 2.72 bits per heavy atom. The second kappa shape index (κ2) is 4.45. The van der Waals surface area contributed by atoms with Crippen LogP contribution in [0.15, 0.2) is 36.4 Å². The van der Waals surface area contributed by atoms with Crippen molar-refractivity contribution < 1.29 is 9.90 Å². The van der Waals surface area contributed by atoms with Gasteiger partial charge in [0.1, 0.15) is 11.5 Å². The monoisotopic (exact) mass is 240 g/mol. The van der Waals surface area contributed by atoms with Crippen molar-refractivity contribution in [3.05, 3.63) is 42.0 Å². The predicted octanol–water partition coefficient (Wildman–Crippen LogP) is 3.77. The summed E-state index contributed by atoms with van der Waals surface area (Å²) in [7, 11) is 0. The molecule has 0 aliphatic heterocycles. The highest BCUT2D eigenvalue weighted by molar-refractivity contribution is 5.95. The zero-order chi connectivity index (χ0) is 12.5. The quantitative estimate of drug-likeness (QED) is 0.823. The zero-order valence-electron chi connectivity index (χ0n) is 10.2. The lowest BCUT2D eigenvalue weighted by atomic mass is 9.80. The molecule has 2 nitrogen and oxygen atoms in total. The van der Waals surface area contributed by atoms with Crippen LogP contribution in [0.2, 0.25) is 0 Å². The highest BCUT2D eigenvalue weighted by Crippen LogP contribution is 2.39. The van der Waals surface area contributed by atoms with Crippen LogP contribution in [0, 0.1) is 0 Å². The summed E-state index contributed by atoms with van der Waals surface area (Å²) in [4.78, 5) is 12.1. The smallest absolute Gasteiger partial charge is 0.140 e. The normalized spacial score (nSPS) is 20.2. The minimum Gasteiger partial charge on any atom is -0.508 e. The van der Waals surface area contributed by atoms with Crippen LogP contribution in [0.4, 0.5) is 0 Å². The molecule has 0 heterocycles. The van der Waals surface area contributed by atoms with Gasteiger partial charge in [-0.15, -0.1) is 0 Å². The molecule has 2 aromatic carbocycles. The molecule has 0 aromatic heterocycles. The number of phenolic OH excluding ortho intramolecular Hbond substituents is 1. The van der Waals surface area contributed by atoms with Crippen molar-refractivity contribution in [3.8, 4) is 5.75 Å². The van der Waals surface area contributed by atoms with E-state index in [1.807, 2.05) is 30.3 Å². The molecule has 1 fully saturated rings. The van der Waals surface area contributed by atoms with E-state index >= 15 is 0 Å². The number of aromatic hydroxyl groups is 1. The van der Waals surface area contributed by atoms with Gasteiger partial charge in [0.2, 0.25) is 0 Å². The highest BCUT2D eigenvalue weighted by Gasteiger charge is 2.27. The number of rotatable bonds is 1. The summed E-state index contributed by atoms with van der Waals surface area (Å²) in [5, 5.41) is 12.2. The van der Waals surface area contributed by atoms with E-state index < -0.39 is 0 Å². The number of fused-ring (bicyclic) bond motifs is 1. The van der Waals surface area contributed by atoms with Crippen molar-refractivity contribution in [2.45, 2.75) is 31.6 Å². The topological polar surface area (TPSA) is 37.3 Å². The summed E-state index contributed by atoms with van der Waals surface area (Å²) < 4.78 is 0. The van der Waals surface area contributed by atoms with Crippen molar-refractivity contribution in [2.75, 3.05) is 0 Å². The van der Waals surface area contributed by atoms with Crippen LogP contribution in [-0.2, 0) is 4.79 Å². The van der Waals surface area contributed by atoms with E-state index in [2.05, 4.69) is 0 Å². The number of carbonyl (C=O) groups is 1. The first-order valence-corrected chi connectivity index (χ1v) is 6.50. The molecule has 0 radical (unpaired) electrons. The van der Waals surface area contributed by atoms with Crippen molar-refractivity contribution in [3.63, 3.8) is 0 Å². The SMILES string of the molecule is O=C1CCCCC1c1c(O)ccc2ccccc12. The standard InChI is InChI=1S/C16H16O2/c17-14-8-4-3-7-13(14)16-12-6-2-1-5-11(12)9-10-15(16)18/h1-2,5-6,9-10,13,18H,3-4,7-8H2. The fraction of sp³-hybridized carbons (Fsp3) is 0.312. The third-order valence-electron chi connectivity index (χ3n) is 3.85. The summed E-state index contributed by atoms with van der Waals surface area (Å²) in [6, 6.07) is 11.6. The van der Waals surface area contributed by atoms with Crippen molar-refractivity contribution in [1.29, 1.82) is 0 Å². The van der Waals surface area contributed by atoms with Crippen LogP contribution in [0.5, 0.6) is 5.75 Å². The van der Waals surface area contributed by atoms with Crippen molar-refractivity contribution in [2.24, 2.45) is 0 Å². The lowest BCUT2D eigenvalue weighted by molar-refractivity contribution is -0.121. The number of Topliss-reactive ketones (excluding diaryl/α,β-unsaturated/α-hetero) is 1. The van der Waals surface area contributed by atoms with Gasteiger partial charge in [0.05, 0.1) is 0 Å². The van der Waals surface area contributed by atoms with Crippen LogP contribution in [0.3, 0.4) is 0 Å². The molecule has 18 heavy (non-hydrogen) atoms. The minimum absolute atomic E-state index is 0.121. The lowest BCUT2D eigenvalue weighted by Crippen LogP contribution is -2.17. The predicted molar refractivity (Wildman–Crippen MR) is 71.8 cm³/mol. The van der Waals surface area contributed by atoms with Gasteiger partial charge in [-0.25, -0.2) is 0 Å². The molecule has 2 aromatic rings. The number of carbonyl (C=O) groups excluding carboxylic acids is 1. The Labute approximate surface area is 106 Å². The molecule has 92 valence electrons. The highest BCUT2D eigenvalue weighted by atomic mass is 16.3. The van der Waals surface area contributed by atoms with E-state index in [9.17, 15) is 9.90 Å². The molecule has 3 rings (SSSR count). The molecule has 0 saturated heterocycles. The number of hydrogen-bond acceptors (Lipinski definition) is 2. The summed E-state index contributed by atoms with van der Waals surface area (Å²) in [6.45, 7) is 0.